The highest BCUT2D eigenvalue weighted by molar-refractivity contribution is 6.28. The quantitative estimate of drug-likeness (QED) is 0.0155. The van der Waals surface area contributed by atoms with Crippen LogP contribution in [-0.2, 0) is 9.59 Å². The number of alkyl halides is 2. The van der Waals surface area contributed by atoms with E-state index in [0.29, 0.717) is 108 Å². The number of ether oxygens (including phenoxy) is 2. The van der Waals surface area contributed by atoms with Gasteiger partial charge >= 0.3 is 0 Å². The van der Waals surface area contributed by atoms with Crippen molar-refractivity contribution in [1.82, 2.24) is 29.7 Å². The van der Waals surface area contributed by atoms with E-state index in [0.717, 1.165) is 26.2 Å². The Balaban J connectivity index is 0.000000230. The number of halogens is 5. The second kappa shape index (κ2) is 30.5. The van der Waals surface area contributed by atoms with E-state index in [2.05, 4.69) is 59.7 Å². The Morgan fingerprint density at radius 1 is 0.636 bits per heavy atom. The van der Waals surface area contributed by atoms with Crippen LogP contribution in [0.25, 0.3) is 0 Å². The van der Waals surface area contributed by atoms with Crippen LogP contribution in [0.5, 0.6) is 11.5 Å². The number of carbonyl (C=O) groups excluding carboxylic acids is 2. The summed E-state index contributed by atoms with van der Waals surface area (Å²) in [7, 11) is 3.02. The van der Waals surface area contributed by atoms with Gasteiger partial charge in [-0.1, -0.05) is 25.3 Å². The molecule has 406 valence electrons. The lowest BCUT2D eigenvalue weighted by Gasteiger charge is -2.35. The maximum Gasteiger partial charge on any atom is 0.247 e. The fraction of sp³-hybridized carbons (Fsp3) is 0.269. The fourth-order valence-electron chi connectivity index (χ4n) is 7.68. The molecule has 6 aromatic rings. The Morgan fingerprint density at radius 3 is 1.53 bits per heavy atom. The Labute approximate surface area is 448 Å². The van der Waals surface area contributed by atoms with Crippen molar-refractivity contribution in [1.29, 1.82) is 10.8 Å². The average Bonchev–Trinajstić information content (AvgIpc) is 3.43. The number of amides is 2. The van der Waals surface area contributed by atoms with Crippen LogP contribution in [0.3, 0.4) is 0 Å². The van der Waals surface area contributed by atoms with Gasteiger partial charge < -0.3 is 51.6 Å². The molecule has 0 unspecified atom stereocenters. The maximum absolute atomic E-state index is 15.0. The average molecular weight is 1080 g/mol. The van der Waals surface area contributed by atoms with Crippen LogP contribution >= 0.6 is 11.6 Å². The first-order valence-corrected chi connectivity index (χ1v) is 24.2. The molecule has 2 aliphatic heterocycles. The summed E-state index contributed by atoms with van der Waals surface area (Å²) in [5.41, 5.74) is 10.1. The zero-order valence-corrected chi connectivity index (χ0v) is 43.1. The molecule has 0 atom stereocenters. The standard InChI is InChI=1S/C26H29F2N7O2.C14H13ClN4O2.C12H17F2N3.N2/c1-3-24(36)30-18-5-4-6-19(15-18)31-25-23(37-2)17-29-26(33-25)32-20-7-8-22(21(28)16-20)35-13-11-34(10-9-27)12-14-35;1-3-12(20)17-9-5-4-6-10(7-9)18-13-11(21-2)8-16-14(15)19-13;13-3-4-16-5-7-17(8-6-16)12-2-1-10(15)9-11(12)14;1-2/h3-8,15-17H,1,9-14H2,2H3,(H,30,36)(H2,29,31,32,33);3-8H,1H2,2H3,(H,17,20)(H,16,18,19);1-2,9H,3-8,15H2;. The number of nitrogens with one attached hydrogen (secondary N) is 5. The number of methoxy groups -OCH3 is 2. The molecule has 2 saturated heterocycles. The van der Waals surface area contributed by atoms with E-state index in [1.54, 1.807) is 60.7 Å². The molecule has 4 aromatic carbocycles. The molecular weight excluding hydrogens is 1020 g/mol. The zero-order chi connectivity index (χ0) is 55.7. The van der Waals surface area contributed by atoms with E-state index in [-0.39, 0.29) is 48.0 Å². The summed E-state index contributed by atoms with van der Waals surface area (Å²) in [6, 6.07) is 23.8. The molecule has 0 aliphatic carbocycles. The van der Waals surface area contributed by atoms with Crippen molar-refractivity contribution in [3.8, 4) is 11.5 Å². The number of aromatic nitrogens is 4. The van der Waals surface area contributed by atoms with E-state index < -0.39 is 0 Å². The third-order valence-electron chi connectivity index (χ3n) is 11.5. The predicted molar refractivity (Wildman–Crippen MR) is 292 cm³/mol. The molecule has 2 aromatic heterocycles. The number of anilines is 11. The third-order valence-corrected chi connectivity index (χ3v) is 11.7. The molecule has 0 saturated carbocycles. The van der Waals surface area contributed by atoms with Gasteiger partial charge in [-0.2, -0.15) is 9.97 Å². The number of nitrogens with zero attached hydrogens (tertiary/aromatic N) is 10. The summed E-state index contributed by atoms with van der Waals surface area (Å²) in [4.78, 5) is 47.5. The number of carbonyl (C=O) groups is 2. The van der Waals surface area contributed by atoms with Crippen molar-refractivity contribution < 1.29 is 36.6 Å². The molecule has 20 nitrogen and oxygen atoms in total. The Hall–Kier alpha value is -8.79. The summed E-state index contributed by atoms with van der Waals surface area (Å²) in [5, 5.41) is 26.7. The zero-order valence-electron chi connectivity index (χ0n) is 42.4. The van der Waals surface area contributed by atoms with Gasteiger partial charge in [0.1, 0.15) is 25.0 Å². The molecule has 4 heterocycles. The molecular formula is C52H59ClF4N16O4. The van der Waals surface area contributed by atoms with E-state index in [1.165, 1.54) is 50.9 Å². The van der Waals surface area contributed by atoms with E-state index in [4.69, 9.17) is 37.6 Å². The van der Waals surface area contributed by atoms with E-state index in [9.17, 15) is 27.2 Å². The van der Waals surface area contributed by atoms with Gasteiger partial charge in [-0.05, 0) is 96.5 Å². The Kier molecular flexibility index (Phi) is 23.4. The minimum absolute atomic E-state index is 0.106. The van der Waals surface area contributed by atoms with Crippen molar-refractivity contribution in [2.45, 2.75) is 0 Å². The number of hydrogen-bond donors (Lipinski definition) is 6. The smallest absolute Gasteiger partial charge is 0.247 e. The minimum atomic E-state index is -0.375. The topological polar surface area (TPSA) is 251 Å². The van der Waals surface area contributed by atoms with Crippen molar-refractivity contribution in [2.24, 2.45) is 0 Å². The van der Waals surface area contributed by atoms with Crippen LogP contribution in [0.15, 0.2) is 123 Å². The number of rotatable bonds is 18. The highest BCUT2D eigenvalue weighted by Crippen LogP contribution is 2.31. The summed E-state index contributed by atoms with van der Waals surface area (Å²) in [6.45, 7) is 12.7. The Bertz CT molecular complexity index is 2930. The van der Waals surface area contributed by atoms with Gasteiger partial charge in [-0.3, -0.25) is 19.4 Å². The van der Waals surface area contributed by atoms with Crippen molar-refractivity contribution in [2.75, 3.05) is 135 Å². The van der Waals surface area contributed by atoms with Gasteiger partial charge in [-0.25, -0.2) is 27.5 Å². The van der Waals surface area contributed by atoms with Crippen molar-refractivity contribution in [3.05, 3.63) is 140 Å². The van der Waals surface area contributed by atoms with Crippen molar-refractivity contribution >= 4 is 86.5 Å². The van der Waals surface area contributed by atoms with Gasteiger partial charge in [0, 0.05) is 110 Å². The van der Waals surface area contributed by atoms with E-state index >= 15 is 0 Å². The first-order valence-electron chi connectivity index (χ1n) is 23.8. The monoisotopic (exact) mass is 1080 g/mol. The lowest BCUT2D eigenvalue weighted by atomic mass is 10.2. The fourth-order valence-corrected chi connectivity index (χ4v) is 7.81. The van der Waals surface area contributed by atoms with Gasteiger partial charge in [0.05, 0.1) is 38.0 Å². The second-order valence-corrected chi connectivity index (χ2v) is 16.8. The van der Waals surface area contributed by atoms with Crippen LogP contribution in [0, 0.1) is 22.4 Å². The molecule has 2 amide bonds. The third kappa shape index (κ3) is 18.2. The van der Waals surface area contributed by atoms with Crippen LogP contribution < -0.4 is 51.6 Å². The van der Waals surface area contributed by atoms with Crippen LogP contribution in [0.1, 0.15) is 0 Å². The number of hydrogen-bond acceptors (Lipinski definition) is 18. The lowest BCUT2D eigenvalue weighted by Crippen LogP contribution is -2.47. The van der Waals surface area contributed by atoms with Gasteiger partial charge in [0.2, 0.25) is 23.0 Å². The molecule has 0 bridgehead atoms. The molecule has 8 rings (SSSR count). The normalized spacial score (nSPS) is 13.1. The van der Waals surface area contributed by atoms with Crippen LogP contribution in [0.2, 0.25) is 5.28 Å². The number of benzene rings is 4. The lowest BCUT2D eigenvalue weighted by molar-refractivity contribution is -0.112. The second-order valence-electron chi connectivity index (χ2n) is 16.5. The van der Waals surface area contributed by atoms with Crippen LogP contribution in [0.4, 0.5) is 80.6 Å². The molecule has 2 aliphatic rings. The number of nitrogens with two attached hydrogens (primary N) is 1. The minimum Gasteiger partial charge on any atom is -0.491 e. The number of nitrogen functional groups attached to an aromatic ring is 1. The van der Waals surface area contributed by atoms with Gasteiger partial charge in [0.25, 0.3) is 0 Å². The summed E-state index contributed by atoms with van der Waals surface area (Å²) in [6.07, 6.45) is 5.37. The van der Waals surface area contributed by atoms with E-state index in [1.807, 2.05) is 31.7 Å². The molecule has 2 fully saturated rings. The highest BCUT2D eigenvalue weighted by Gasteiger charge is 2.21. The molecule has 0 radical (unpaired) electrons. The summed E-state index contributed by atoms with van der Waals surface area (Å²) < 4.78 is 63.9. The summed E-state index contributed by atoms with van der Waals surface area (Å²) >= 11 is 5.77. The first kappa shape index (κ1) is 59.1. The maximum atomic E-state index is 15.0. The molecule has 77 heavy (non-hydrogen) atoms. The van der Waals surface area contributed by atoms with Crippen LogP contribution in [-0.4, -0.2) is 135 Å². The molecule has 0 spiro atoms. The predicted octanol–water partition coefficient (Wildman–Crippen LogP) is 8.86. The SMILES string of the molecule is C=CC(=O)Nc1cccc(Nc2nc(Cl)ncc2OC)c1.C=CC(=O)Nc1cccc(Nc2nc(Nc3ccc(N4CCN(CCF)CC4)c(F)c3)ncc2OC)c1.N#N.Nc1ccc(N2CCN(CCF)CC2)c(F)c1. The summed E-state index contributed by atoms with van der Waals surface area (Å²) in [5.74, 6) is 0.666. The van der Waals surface area contributed by atoms with Gasteiger partial charge in [0.15, 0.2) is 23.1 Å². The molecule has 25 heteroatoms. The largest absolute Gasteiger partial charge is 0.491 e. The first-order chi connectivity index (χ1) is 37.3. The number of piperazine rings is 2. The highest BCUT2D eigenvalue weighted by atomic mass is 35.5. The molecule has 7 N–H and O–H groups in total. The van der Waals surface area contributed by atoms with Gasteiger partial charge in [-0.15, -0.1) is 0 Å². The van der Waals surface area contributed by atoms with Crippen molar-refractivity contribution in [3.63, 3.8) is 0 Å². The Morgan fingerprint density at radius 2 is 1.08 bits per heavy atom.